The van der Waals surface area contributed by atoms with Crippen molar-refractivity contribution in [2.45, 2.75) is 11.0 Å². The van der Waals surface area contributed by atoms with E-state index in [0.29, 0.717) is 5.75 Å². The number of nitrogens with zero attached hydrogens (tertiary/aromatic N) is 1. The van der Waals surface area contributed by atoms with Crippen LogP contribution in [-0.2, 0) is 0 Å². The van der Waals surface area contributed by atoms with Crippen molar-refractivity contribution < 1.29 is 5.11 Å². The summed E-state index contributed by atoms with van der Waals surface area (Å²) in [7, 11) is 0. The number of aromatic nitrogens is 1. The fourth-order valence-electron chi connectivity index (χ4n) is 0.655. The van der Waals surface area contributed by atoms with Gasteiger partial charge in [0.15, 0.2) is 0 Å². The molecule has 0 aromatic carbocycles. The van der Waals surface area contributed by atoms with Crippen molar-refractivity contribution in [3.8, 4) is 0 Å². The van der Waals surface area contributed by atoms with Crippen molar-refractivity contribution in [1.29, 1.82) is 0 Å². The van der Waals surface area contributed by atoms with Crippen LogP contribution in [0.15, 0.2) is 29.4 Å². The van der Waals surface area contributed by atoms with Gasteiger partial charge in [-0.3, -0.25) is 4.98 Å². The lowest BCUT2D eigenvalue weighted by Gasteiger charge is -2.02. The largest absolute Gasteiger partial charge is 0.387 e. The van der Waals surface area contributed by atoms with E-state index in [2.05, 4.69) is 17.2 Å². The SMILES string of the molecule is OC(C=S)CSc1ccncc1. The Balaban J connectivity index is 2.38. The van der Waals surface area contributed by atoms with Gasteiger partial charge in [0.05, 0.1) is 6.10 Å². The van der Waals surface area contributed by atoms with Crippen molar-refractivity contribution in [2.24, 2.45) is 0 Å². The Morgan fingerprint density at radius 2 is 2.25 bits per heavy atom. The van der Waals surface area contributed by atoms with Gasteiger partial charge >= 0.3 is 0 Å². The molecule has 1 heterocycles. The summed E-state index contributed by atoms with van der Waals surface area (Å²) < 4.78 is 0. The fourth-order valence-corrected chi connectivity index (χ4v) is 1.65. The van der Waals surface area contributed by atoms with Crippen LogP contribution >= 0.6 is 24.0 Å². The number of thioether (sulfide) groups is 1. The first-order chi connectivity index (χ1) is 5.83. The van der Waals surface area contributed by atoms with Gasteiger partial charge in [-0.1, -0.05) is 12.2 Å². The molecule has 64 valence electrons. The van der Waals surface area contributed by atoms with E-state index < -0.39 is 6.10 Å². The second-order valence-corrected chi connectivity index (χ2v) is 3.56. The fraction of sp³-hybridized carbons (Fsp3) is 0.250. The molecule has 12 heavy (non-hydrogen) atoms. The molecule has 0 spiro atoms. The third-order valence-electron chi connectivity index (χ3n) is 1.23. The number of aliphatic hydroxyl groups excluding tert-OH is 1. The minimum absolute atomic E-state index is 0.502. The predicted octanol–water partition coefficient (Wildman–Crippen LogP) is 1.53. The number of pyridine rings is 1. The molecule has 0 saturated carbocycles. The second-order valence-electron chi connectivity index (χ2n) is 2.20. The van der Waals surface area contributed by atoms with Crippen LogP contribution in [0.3, 0.4) is 0 Å². The molecule has 2 nitrogen and oxygen atoms in total. The predicted molar refractivity (Wildman–Crippen MR) is 54.6 cm³/mol. The van der Waals surface area contributed by atoms with Crippen LogP contribution in [0.5, 0.6) is 0 Å². The Labute approximate surface area is 81.0 Å². The molecule has 0 fully saturated rings. The normalized spacial score (nSPS) is 12.4. The second kappa shape index (κ2) is 5.24. The Bertz CT molecular complexity index is 240. The number of hydrogen-bond donors (Lipinski definition) is 1. The van der Waals surface area contributed by atoms with Crippen LogP contribution in [0.1, 0.15) is 0 Å². The van der Waals surface area contributed by atoms with E-state index in [1.54, 1.807) is 24.2 Å². The molecule has 4 heteroatoms. The van der Waals surface area contributed by atoms with Crippen LogP contribution in [0, 0.1) is 0 Å². The maximum Gasteiger partial charge on any atom is 0.0916 e. The number of thiocarbonyl (C=S) groups is 1. The maximum absolute atomic E-state index is 9.12. The lowest BCUT2D eigenvalue weighted by Crippen LogP contribution is -2.09. The van der Waals surface area contributed by atoms with E-state index >= 15 is 0 Å². The van der Waals surface area contributed by atoms with Crippen molar-refractivity contribution in [1.82, 2.24) is 4.98 Å². The van der Waals surface area contributed by atoms with Crippen LogP contribution < -0.4 is 0 Å². The van der Waals surface area contributed by atoms with Crippen molar-refractivity contribution in [3.63, 3.8) is 0 Å². The molecule has 0 saturated heterocycles. The van der Waals surface area contributed by atoms with E-state index in [1.807, 2.05) is 12.1 Å². The van der Waals surface area contributed by atoms with Crippen molar-refractivity contribution in [3.05, 3.63) is 24.5 Å². The van der Waals surface area contributed by atoms with Crippen LogP contribution in [0.2, 0.25) is 0 Å². The smallest absolute Gasteiger partial charge is 0.0916 e. The first kappa shape index (κ1) is 9.64. The summed E-state index contributed by atoms with van der Waals surface area (Å²) in [5.41, 5.74) is 0. The topological polar surface area (TPSA) is 33.1 Å². The summed E-state index contributed by atoms with van der Waals surface area (Å²) in [6, 6.07) is 3.81. The number of hydrogen-bond acceptors (Lipinski definition) is 4. The molecule has 1 N–H and O–H groups in total. The third-order valence-corrected chi connectivity index (χ3v) is 2.66. The molecule has 1 aromatic rings. The van der Waals surface area contributed by atoms with E-state index in [-0.39, 0.29) is 0 Å². The van der Waals surface area contributed by atoms with Gasteiger partial charge in [-0.25, -0.2) is 0 Å². The number of rotatable bonds is 4. The molecule has 0 aliphatic rings. The van der Waals surface area contributed by atoms with Gasteiger partial charge in [0, 0.05) is 28.4 Å². The summed E-state index contributed by atoms with van der Waals surface area (Å²) in [5, 5.41) is 10.5. The molecule has 0 aliphatic carbocycles. The van der Waals surface area contributed by atoms with E-state index in [9.17, 15) is 0 Å². The zero-order chi connectivity index (χ0) is 8.81. The van der Waals surface area contributed by atoms with E-state index in [1.165, 1.54) is 5.37 Å². The molecule has 1 unspecified atom stereocenters. The molecular formula is C8H9NOS2. The maximum atomic E-state index is 9.12. The minimum Gasteiger partial charge on any atom is -0.387 e. The van der Waals surface area contributed by atoms with Gasteiger partial charge in [0.1, 0.15) is 0 Å². The van der Waals surface area contributed by atoms with E-state index in [4.69, 9.17) is 5.11 Å². The lowest BCUT2D eigenvalue weighted by atomic mass is 10.5. The highest BCUT2D eigenvalue weighted by atomic mass is 32.2. The van der Waals surface area contributed by atoms with Crippen molar-refractivity contribution in [2.75, 3.05) is 5.75 Å². The molecule has 0 bridgehead atoms. The monoisotopic (exact) mass is 199 g/mol. The summed E-state index contributed by atoms with van der Waals surface area (Å²) in [5.74, 6) is 0.605. The highest BCUT2D eigenvalue weighted by Gasteiger charge is 1.99. The minimum atomic E-state index is -0.502. The quantitative estimate of drug-likeness (QED) is 0.589. The van der Waals surface area contributed by atoms with Gasteiger partial charge in [0.25, 0.3) is 0 Å². The van der Waals surface area contributed by atoms with Gasteiger partial charge in [-0.2, -0.15) is 0 Å². The van der Waals surface area contributed by atoms with Gasteiger partial charge < -0.3 is 5.11 Å². The molecule has 0 radical (unpaired) electrons. The Kier molecular flexibility index (Phi) is 4.21. The highest BCUT2D eigenvalue weighted by Crippen LogP contribution is 2.16. The molecule has 0 amide bonds. The summed E-state index contributed by atoms with van der Waals surface area (Å²) >= 11 is 6.15. The first-order valence-corrected chi connectivity index (χ1v) is 4.95. The zero-order valence-electron chi connectivity index (χ0n) is 6.38. The molecule has 0 aliphatic heterocycles. The Morgan fingerprint density at radius 3 is 2.83 bits per heavy atom. The van der Waals surface area contributed by atoms with Crippen LogP contribution in [0.4, 0.5) is 0 Å². The summed E-state index contributed by atoms with van der Waals surface area (Å²) in [4.78, 5) is 4.99. The first-order valence-electron chi connectivity index (χ1n) is 3.49. The van der Waals surface area contributed by atoms with Gasteiger partial charge in [0.2, 0.25) is 0 Å². The van der Waals surface area contributed by atoms with Crippen LogP contribution in [0.25, 0.3) is 0 Å². The van der Waals surface area contributed by atoms with Crippen LogP contribution in [-0.4, -0.2) is 27.3 Å². The third kappa shape index (κ3) is 3.30. The summed E-state index contributed by atoms with van der Waals surface area (Å²) in [6.07, 6.45) is 2.95. The molecule has 1 rings (SSSR count). The number of aliphatic hydroxyl groups is 1. The highest BCUT2D eigenvalue weighted by molar-refractivity contribution is 7.99. The van der Waals surface area contributed by atoms with Gasteiger partial charge in [-0.15, -0.1) is 11.8 Å². The summed E-state index contributed by atoms with van der Waals surface area (Å²) in [6.45, 7) is 0. The Hall–Kier alpha value is -0.450. The van der Waals surface area contributed by atoms with Crippen molar-refractivity contribution >= 4 is 29.3 Å². The molecular weight excluding hydrogens is 190 g/mol. The van der Waals surface area contributed by atoms with E-state index in [0.717, 1.165) is 4.90 Å². The lowest BCUT2D eigenvalue weighted by molar-refractivity contribution is 0.273. The Morgan fingerprint density at radius 1 is 1.58 bits per heavy atom. The standard InChI is InChI=1S/C8H9NOS2/c10-7(5-11)6-12-8-1-3-9-4-2-8/h1-5,7,10H,6H2. The molecule has 1 aromatic heterocycles. The zero-order valence-corrected chi connectivity index (χ0v) is 8.02. The molecule has 1 atom stereocenters. The van der Waals surface area contributed by atoms with Gasteiger partial charge in [-0.05, 0) is 12.1 Å². The average Bonchev–Trinajstić information content (AvgIpc) is 2.16. The average molecular weight is 199 g/mol.